The van der Waals surface area contributed by atoms with Crippen LogP contribution in [-0.4, -0.2) is 28.1 Å². The molecule has 124 valence electrons. The van der Waals surface area contributed by atoms with E-state index in [1.165, 1.54) is 12.1 Å². The van der Waals surface area contributed by atoms with Crippen LogP contribution in [0.15, 0.2) is 53.4 Å². The summed E-state index contributed by atoms with van der Waals surface area (Å²) in [6.45, 7) is 0. The number of anilines is 1. The number of amides is 2. The molecule has 0 radical (unpaired) electrons. The first-order valence-electron chi connectivity index (χ1n) is 7.38. The van der Waals surface area contributed by atoms with Crippen LogP contribution in [-0.2, 0) is 9.59 Å². The van der Waals surface area contributed by atoms with E-state index in [1.54, 1.807) is 36.4 Å². The molecule has 1 fully saturated rings. The lowest BCUT2D eigenvalue weighted by atomic mass is 10.2. The number of benzene rings is 2. The van der Waals surface area contributed by atoms with Crippen molar-refractivity contribution >= 4 is 35.2 Å². The molecular weight excluding hydrogens is 340 g/mol. The van der Waals surface area contributed by atoms with Crippen molar-refractivity contribution in [2.45, 2.75) is 16.6 Å². The predicted octanol–water partition coefficient (Wildman–Crippen LogP) is 2.68. The van der Waals surface area contributed by atoms with Gasteiger partial charge < -0.3 is 5.11 Å². The number of aromatic carboxylic acids is 1. The van der Waals surface area contributed by atoms with Crippen LogP contribution in [0.25, 0.3) is 0 Å². The number of hydrogen-bond donors (Lipinski definition) is 1. The van der Waals surface area contributed by atoms with E-state index in [9.17, 15) is 24.8 Å². The number of para-hydroxylation sites is 1. The van der Waals surface area contributed by atoms with Gasteiger partial charge in [0.05, 0.1) is 22.1 Å². The van der Waals surface area contributed by atoms with Gasteiger partial charge in [-0.1, -0.05) is 24.3 Å². The van der Waals surface area contributed by atoms with Gasteiger partial charge in [-0.25, -0.2) is 9.69 Å². The third-order valence-electron chi connectivity index (χ3n) is 3.76. The number of nitriles is 1. The van der Waals surface area contributed by atoms with Gasteiger partial charge in [0, 0.05) is 11.3 Å². The molecule has 1 atom stereocenters. The minimum atomic E-state index is -1.09. The van der Waals surface area contributed by atoms with Crippen molar-refractivity contribution < 1.29 is 19.5 Å². The number of rotatable bonds is 4. The Kier molecular flexibility index (Phi) is 4.55. The summed E-state index contributed by atoms with van der Waals surface area (Å²) < 4.78 is 0. The fraction of sp³-hybridized carbons (Fsp3) is 0.111. The number of carbonyl (C=O) groups is 3. The van der Waals surface area contributed by atoms with Crippen molar-refractivity contribution in [3.63, 3.8) is 0 Å². The Labute approximate surface area is 147 Å². The lowest BCUT2D eigenvalue weighted by molar-refractivity contribution is -0.121. The zero-order chi connectivity index (χ0) is 18.0. The molecule has 1 aliphatic rings. The molecule has 0 saturated carbocycles. The topological polar surface area (TPSA) is 98.5 Å². The highest BCUT2D eigenvalue weighted by molar-refractivity contribution is 8.00. The molecule has 0 bridgehead atoms. The first kappa shape index (κ1) is 16.7. The molecule has 2 aromatic carbocycles. The molecule has 0 aliphatic carbocycles. The van der Waals surface area contributed by atoms with Gasteiger partial charge in [-0.2, -0.15) is 5.26 Å². The number of carboxylic acid groups (broad SMARTS) is 1. The molecule has 7 heteroatoms. The minimum Gasteiger partial charge on any atom is -0.478 e. The van der Waals surface area contributed by atoms with Gasteiger partial charge in [-0.15, -0.1) is 11.8 Å². The van der Waals surface area contributed by atoms with E-state index in [4.69, 9.17) is 0 Å². The summed E-state index contributed by atoms with van der Waals surface area (Å²) in [5.41, 5.74) is 0.582. The summed E-state index contributed by atoms with van der Waals surface area (Å²) in [6, 6.07) is 14.7. The number of imide groups is 1. The van der Waals surface area contributed by atoms with E-state index in [-0.39, 0.29) is 23.2 Å². The van der Waals surface area contributed by atoms with E-state index in [0.29, 0.717) is 4.90 Å². The van der Waals surface area contributed by atoms with E-state index >= 15 is 0 Å². The monoisotopic (exact) mass is 352 g/mol. The number of hydrogen-bond acceptors (Lipinski definition) is 5. The molecule has 25 heavy (non-hydrogen) atoms. The third kappa shape index (κ3) is 3.12. The second-order valence-electron chi connectivity index (χ2n) is 5.31. The Balaban J connectivity index is 1.90. The van der Waals surface area contributed by atoms with Crippen LogP contribution in [0, 0.1) is 11.3 Å². The summed E-state index contributed by atoms with van der Waals surface area (Å²) in [7, 11) is 0. The van der Waals surface area contributed by atoms with Gasteiger partial charge in [0.1, 0.15) is 6.07 Å². The molecule has 1 N–H and O–H groups in total. The first-order chi connectivity index (χ1) is 12.0. The molecule has 2 aromatic rings. The Morgan fingerprint density at radius 1 is 1.16 bits per heavy atom. The van der Waals surface area contributed by atoms with Crippen LogP contribution in [0.5, 0.6) is 0 Å². The molecule has 2 amide bonds. The number of thioether (sulfide) groups is 1. The van der Waals surface area contributed by atoms with Gasteiger partial charge in [0.25, 0.3) is 0 Å². The first-order valence-corrected chi connectivity index (χ1v) is 8.26. The molecule has 0 spiro atoms. The van der Waals surface area contributed by atoms with Gasteiger partial charge in [-0.3, -0.25) is 9.59 Å². The molecule has 6 nitrogen and oxygen atoms in total. The molecular formula is C18H12N2O4S. The predicted molar refractivity (Wildman–Crippen MR) is 91.3 cm³/mol. The van der Waals surface area contributed by atoms with Gasteiger partial charge in [0.2, 0.25) is 11.8 Å². The quantitative estimate of drug-likeness (QED) is 0.850. The van der Waals surface area contributed by atoms with Crippen LogP contribution in [0.1, 0.15) is 22.3 Å². The van der Waals surface area contributed by atoms with Crippen molar-refractivity contribution in [3.05, 3.63) is 59.7 Å². The van der Waals surface area contributed by atoms with Crippen molar-refractivity contribution in [1.82, 2.24) is 0 Å². The lowest BCUT2D eigenvalue weighted by Crippen LogP contribution is -2.31. The summed E-state index contributed by atoms with van der Waals surface area (Å²) in [5, 5.41) is 17.7. The van der Waals surface area contributed by atoms with Gasteiger partial charge in [0.15, 0.2) is 0 Å². The summed E-state index contributed by atoms with van der Waals surface area (Å²) in [4.78, 5) is 37.8. The smallest absolute Gasteiger partial charge is 0.336 e. The standard InChI is InChI=1S/C18H12N2O4S/c19-10-11-5-1-3-7-13(11)20-16(21)9-15(17(20)22)25-14-8-4-2-6-12(14)18(23)24/h1-8,15H,9H2,(H,23,24)/t15-/m0/s1. The van der Waals surface area contributed by atoms with E-state index in [2.05, 4.69) is 0 Å². The third-order valence-corrected chi connectivity index (χ3v) is 5.02. The van der Waals surface area contributed by atoms with Crippen LogP contribution < -0.4 is 4.90 Å². The van der Waals surface area contributed by atoms with Crippen LogP contribution in [0.3, 0.4) is 0 Å². The molecule has 1 heterocycles. The largest absolute Gasteiger partial charge is 0.478 e. The Morgan fingerprint density at radius 2 is 1.84 bits per heavy atom. The molecule has 0 unspecified atom stereocenters. The summed E-state index contributed by atoms with van der Waals surface area (Å²) in [5.74, 6) is -1.94. The van der Waals surface area contributed by atoms with Crippen molar-refractivity contribution in [1.29, 1.82) is 5.26 Å². The van der Waals surface area contributed by atoms with E-state index in [0.717, 1.165) is 16.7 Å². The maximum Gasteiger partial charge on any atom is 0.336 e. The van der Waals surface area contributed by atoms with Crippen molar-refractivity contribution in [2.75, 3.05) is 4.90 Å². The van der Waals surface area contributed by atoms with Gasteiger partial charge >= 0.3 is 5.97 Å². The molecule has 3 rings (SSSR count). The van der Waals surface area contributed by atoms with Crippen LogP contribution in [0.4, 0.5) is 5.69 Å². The minimum absolute atomic E-state index is 0.0444. The average molecular weight is 352 g/mol. The maximum absolute atomic E-state index is 12.7. The van der Waals surface area contributed by atoms with E-state index in [1.807, 2.05) is 6.07 Å². The van der Waals surface area contributed by atoms with E-state index < -0.39 is 23.0 Å². The number of carboxylic acids is 1. The fourth-order valence-corrected chi connectivity index (χ4v) is 3.79. The SMILES string of the molecule is N#Cc1ccccc1N1C(=O)C[C@H](Sc2ccccc2C(=O)O)C1=O. The van der Waals surface area contributed by atoms with Crippen LogP contribution in [0.2, 0.25) is 0 Å². The fourth-order valence-electron chi connectivity index (χ4n) is 2.61. The lowest BCUT2D eigenvalue weighted by Gasteiger charge is -2.16. The Bertz CT molecular complexity index is 919. The Hall–Kier alpha value is -3.11. The Morgan fingerprint density at radius 3 is 2.56 bits per heavy atom. The molecule has 1 saturated heterocycles. The summed E-state index contributed by atoms with van der Waals surface area (Å²) in [6.07, 6.45) is -0.0444. The zero-order valence-electron chi connectivity index (χ0n) is 12.9. The molecule has 0 aromatic heterocycles. The second-order valence-corrected chi connectivity index (χ2v) is 6.55. The number of nitrogens with zero attached hydrogens (tertiary/aromatic N) is 2. The summed E-state index contributed by atoms with van der Waals surface area (Å²) >= 11 is 1.05. The second kappa shape index (κ2) is 6.79. The van der Waals surface area contributed by atoms with Gasteiger partial charge in [-0.05, 0) is 24.3 Å². The highest BCUT2D eigenvalue weighted by atomic mass is 32.2. The molecule has 1 aliphatic heterocycles. The van der Waals surface area contributed by atoms with Crippen LogP contribution >= 0.6 is 11.8 Å². The number of carbonyl (C=O) groups excluding carboxylic acids is 2. The average Bonchev–Trinajstić information content (AvgIpc) is 2.88. The highest BCUT2D eigenvalue weighted by Gasteiger charge is 2.41. The van der Waals surface area contributed by atoms with Crippen molar-refractivity contribution in [3.8, 4) is 6.07 Å². The van der Waals surface area contributed by atoms with Crippen molar-refractivity contribution in [2.24, 2.45) is 0 Å². The maximum atomic E-state index is 12.7. The normalized spacial score (nSPS) is 16.8. The zero-order valence-corrected chi connectivity index (χ0v) is 13.7. The highest BCUT2D eigenvalue weighted by Crippen LogP contribution is 2.36.